The second-order valence-corrected chi connectivity index (χ2v) is 5.18. The standard InChI is InChI=1S/C12H23NO2/c1-11(2)7-5-6-8-12(11,13-3)9-10(14)15-4/h13H,5-9H2,1-4H3. The van der Waals surface area contributed by atoms with E-state index in [1.807, 2.05) is 7.05 Å². The highest BCUT2D eigenvalue weighted by Gasteiger charge is 2.46. The van der Waals surface area contributed by atoms with E-state index in [1.54, 1.807) is 0 Å². The molecule has 1 fully saturated rings. The molecule has 0 aromatic rings. The first-order valence-electron chi connectivity index (χ1n) is 5.73. The SMILES string of the molecule is CNC1(CC(=O)OC)CCCCC1(C)C. The highest BCUT2D eigenvalue weighted by molar-refractivity contribution is 5.71. The number of hydrogen-bond donors (Lipinski definition) is 1. The minimum atomic E-state index is -0.112. The average Bonchev–Trinajstić information content (AvgIpc) is 2.21. The third-order valence-electron chi connectivity index (χ3n) is 4.10. The molecular formula is C12H23NO2. The van der Waals surface area contributed by atoms with Gasteiger partial charge in [0.25, 0.3) is 0 Å². The molecule has 0 heterocycles. The van der Waals surface area contributed by atoms with Crippen LogP contribution >= 0.6 is 0 Å². The molecule has 1 unspecified atom stereocenters. The lowest BCUT2D eigenvalue weighted by Gasteiger charge is -2.50. The summed E-state index contributed by atoms with van der Waals surface area (Å²) in [7, 11) is 3.41. The number of ether oxygens (including phenoxy) is 1. The summed E-state index contributed by atoms with van der Waals surface area (Å²) >= 11 is 0. The maximum absolute atomic E-state index is 11.5. The van der Waals surface area contributed by atoms with Crippen molar-refractivity contribution in [1.29, 1.82) is 0 Å². The highest BCUT2D eigenvalue weighted by Crippen LogP contribution is 2.45. The maximum atomic E-state index is 11.5. The fraction of sp³-hybridized carbons (Fsp3) is 0.917. The molecule has 1 rings (SSSR count). The van der Waals surface area contributed by atoms with Crippen molar-refractivity contribution in [1.82, 2.24) is 5.32 Å². The Morgan fingerprint density at radius 2 is 1.93 bits per heavy atom. The van der Waals surface area contributed by atoms with Crippen LogP contribution in [0.3, 0.4) is 0 Å². The molecule has 0 aromatic carbocycles. The van der Waals surface area contributed by atoms with Crippen molar-refractivity contribution < 1.29 is 9.53 Å². The molecule has 3 nitrogen and oxygen atoms in total. The van der Waals surface area contributed by atoms with Crippen molar-refractivity contribution >= 4 is 5.97 Å². The summed E-state index contributed by atoms with van der Waals surface area (Å²) in [5.41, 5.74) is 0.0759. The minimum Gasteiger partial charge on any atom is -0.469 e. The predicted octanol–water partition coefficient (Wildman–Crippen LogP) is 2.11. The second-order valence-electron chi connectivity index (χ2n) is 5.18. The lowest BCUT2D eigenvalue weighted by Crippen LogP contribution is -2.57. The van der Waals surface area contributed by atoms with Crippen molar-refractivity contribution in [2.45, 2.75) is 51.5 Å². The third-order valence-corrected chi connectivity index (χ3v) is 4.10. The number of rotatable bonds is 3. The summed E-state index contributed by atoms with van der Waals surface area (Å²) in [6, 6.07) is 0. The molecule has 0 bridgehead atoms. The molecule has 1 aliphatic rings. The Labute approximate surface area is 92.6 Å². The van der Waals surface area contributed by atoms with E-state index in [2.05, 4.69) is 19.2 Å². The molecule has 1 saturated carbocycles. The van der Waals surface area contributed by atoms with Crippen LogP contribution in [0.5, 0.6) is 0 Å². The molecule has 3 heteroatoms. The Bertz CT molecular complexity index is 238. The zero-order chi connectivity index (χ0) is 11.5. The lowest BCUT2D eigenvalue weighted by atomic mass is 9.62. The lowest BCUT2D eigenvalue weighted by molar-refractivity contribution is -0.144. The van der Waals surface area contributed by atoms with E-state index in [0.717, 1.165) is 6.42 Å². The van der Waals surface area contributed by atoms with E-state index in [1.165, 1.54) is 26.4 Å². The molecular weight excluding hydrogens is 190 g/mol. The average molecular weight is 213 g/mol. The van der Waals surface area contributed by atoms with Crippen molar-refractivity contribution in [2.75, 3.05) is 14.2 Å². The van der Waals surface area contributed by atoms with Crippen LogP contribution in [-0.2, 0) is 9.53 Å². The van der Waals surface area contributed by atoms with Gasteiger partial charge in [-0.05, 0) is 25.3 Å². The predicted molar refractivity (Wildman–Crippen MR) is 60.7 cm³/mol. The Hall–Kier alpha value is -0.570. The number of carbonyl (C=O) groups excluding carboxylic acids is 1. The summed E-state index contributed by atoms with van der Waals surface area (Å²) < 4.78 is 4.79. The molecule has 0 saturated heterocycles. The van der Waals surface area contributed by atoms with Crippen molar-refractivity contribution in [3.63, 3.8) is 0 Å². The zero-order valence-corrected chi connectivity index (χ0v) is 10.4. The zero-order valence-electron chi connectivity index (χ0n) is 10.4. The topological polar surface area (TPSA) is 38.3 Å². The number of nitrogens with one attached hydrogen (secondary N) is 1. The number of methoxy groups -OCH3 is 1. The maximum Gasteiger partial charge on any atom is 0.307 e. The third kappa shape index (κ3) is 2.33. The Balaban J connectivity index is 2.84. The van der Waals surface area contributed by atoms with Crippen LogP contribution in [0.25, 0.3) is 0 Å². The normalized spacial score (nSPS) is 29.9. The van der Waals surface area contributed by atoms with Crippen molar-refractivity contribution in [3.8, 4) is 0 Å². The number of carbonyl (C=O) groups is 1. The molecule has 15 heavy (non-hydrogen) atoms. The van der Waals surface area contributed by atoms with Gasteiger partial charge in [0, 0.05) is 5.54 Å². The number of esters is 1. The molecule has 0 spiro atoms. The van der Waals surface area contributed by atoms with Crippen molar-refractivity contribution in [3.05, 3.63) is 0 Å². The van der Waals surface area contributed by atoms with E-state index in [9.17, 15) is 4.79 Å². The van der Waals surface area contributed by atoms with E-state index >= 15 is 0 Å². The fourth-order valence-electron chi connectivity index (χ4n) is 2.77. The minimum absolute atomic E-state index is 0.0850. The van der Waals surface area contributed by atoms with Crippen LogP contribution in [0.4, 0.5) is 0 Å². The molecule has 0 aromatic heterocycles. The van der Waals surface area contributed by atoms with Gasteiger partial charge in [-0.25, -0.2) is 0 Å². The molecule has 1 atom stereocenters. The van der Waals surface area contributed by atoms with Gasteiger partial charge in [0.15, 0.2) is 0 Å². The molecule has 88 valence electrons. The van der Waals surface area contributed by atoms with Crippen LogP contribution < -0.4 is 5.32 Å². The van der Waals surface area contributed by atoms with E-state index in [-0.39, 0.29) is 16.9 Å². The van der Waals surface area contributed by atoms with Gasteiger partial charge in [0.2, 0.25) is 0 Å². The van der Waals surface area contributed by atoms with Gasteiger partial charge < -0.3 is 10.1 Å². The Morgan fingerprint density at radius 1 is 1.33 bits per heavy atom. The molecule has 0 amide bonds. The number of hydrogen-bond acceptors (Lipinski definition) is 3. The van der Waals surface area contributed by atoms with E-state index < -0.39 is 0 Å². The van der Waals surface area contributed by atoms with Crippen LogP contribution in [0, 0.1) is 5.41 Å². The van der Waals surface area contributed by atoms with Crippen LogP contribution in [0.15, 0.2) is 0 Å². The van der Waals surface area contributed by atoms with Gasteiger partial charge >= 0.3 is 5.97 Å². The van der Waals surface area contributed by atoms with Gasteiger partial charge in [-0.15, -0.1) is 0 Å². The van der Waals surface area contributed by atoms with Gasteiger partial charge in [-0.2, -0.15) is 0 Å². The van der Waals surface area contributed by atoms with E-state index in [4.69, 9.17) is 4.74 Å². The highest BCUT2D eigenvalue weighted by atomic mass is 16.5. The van der Waals surface area contributed by atoms with Crippen molar-refractivity contribution in [2.24, 2.45) is 5.41 Å². The Kier molecular flexibility index (Phi) is 3.77. The smallest absolute Gasteiger partial charge is 0.307 e. The molecule has 1 N–H and O–H groups in total. The van der Waals surface area contributed by atoms with Crippen LogP contribution in [0.1, 0.15) is 46.0 Å². The first-order chi connectivity index (χ1) is 6.97. The first kappa shape index (κ1) is 12.5. The van der Waals surface area contributed by atoms with Gasteiger partial charge in [-0.1, -0.05) is 26.7 Å². The molecule has 0 radical (unpaired) electrons. The first-order valence-corrected chi connectivity index (χ1v) is 5.73. The summed E-state index contributed by atoms with van der Waals surface area (Å²) in [6.45, 7) is 4.48. The monoisotopic (exact) mass is 213 g/mol. The fourth-order valence-corrected chi connectivity index (χ4v) is 2.77. The molecule has 1 aliphatic carbocycles. The van der Waals surface area contributed by atoms with E-state index in [0.29, 0.717) is 6.42 Å². The summed E-state index contributed by atoms with van der Waals surface area (Å²) in [4.78, 5) is 11.5. The summed E-state index contributed by atoms with van der Waals surface area (Å²) in [5.74, 6) is -0.112. The quantitative estimate of drug-likeness (QED) is 0.730. The van der Waals surface area contributed by atoms with Gasteiger partial charge in [-0.3, -0.25) is 4.79 Å². The summed E-state index contributed by atoms with van der Waals surface area (Å²) in [6.07, 6.45) is 5.17. The van der Waals surface area contributed by atoms with Crippen LogP contribution in [0.2, 0.25) is 0 Å². The largest absolute Gasteiger partial charge is 0.469 e. The Morgan fingerprint density at radius 3 is 2.40 bits per heavy atom. The molecule has 0 aliphatic heterocycles. The van der Waals surface area contributed by atoms with Gasteiger partial charge in [0.1, 0.15) is 0 Å². The van der Waals surface area contributed by atoms with Crippen LogP contribution in [-0.4, -0.2) is 25.7 Å². The summed E-state index contributed by atoms with van der Waals surface area (Å²) in [5, 5.41) is 3.37. The van der Waals surface area contributed by atoms with Gasteiger partial charge in [0.05, 0.1) is 13.5 Å². The second kappa shape index (κ2) is 4.52.